The predicted octanol–water partition coefficient (Wildman–Crippen LogP) is 6.16. The molecule has 1 N–H and O–H groups in total. The third kappa shape index (κ3) is 6.09. The van der Waals surface area contributed by atoms with Gasteiger partial charge < -0.3 is 4.74 Å². The van der Waals surface area contributed by atoms with E-state index in [1.54, 1.807) is 18.7 Å². The lowest BCUT2D eigenvalue weighted by Gasteiger charge is -2.15. The number of hydrogen-bond acceptors (Lipinski definition) is 6. The summed E-state index contributed by atoms with van der Waals surface area (Å²) in [4.78, 5) is 12.4. The number of ether oxygens (including phenoxy) is 1. The Balaban J connectivity index is 1.54. The zero-order chi connectivity index (χ0) is 21.0. The van der Waals surface area contributed by atoms with Gasteiger partial charge in [0.2, 0.25) is 5.13 Å². The second-order valence-electron chi connectivity index (χ2n) is 6.41. The summed E-state index contributed by atoms with van der Waals surface area (Å²) in [7, 11) is 0. The van der Waals surface area contributed by atoms with Gasteiger partial charge in [-0.1, -0.05) is 58.4 Å². The van der Waals surface area contributed by atoms with E-state index in [0.29, 0.717) is 20.9 Å². The van der Waals surface area contributed by atoms with Crippen LogP contribution in [0.25, 0.3) is 0 Å². The highest BCUT2D eigenvalue weighted by atomic mass is 35.5. The molecule has 0 fully saturated rings. The van der Waals surface area contributed by atoms with Crippen LogP contribution in [0.5, 0.6) is 5.75 Å². The molecule has 1 aromatic heterocycles. The topological polar surface area (TPSA) is 64.1 Å². The Bertz CT molecular complexity index is 986. The fourth-order valence-corrected chi connectivity index (χ4v) is 4.43. The number of amides is 1. The van der Waals surface area contributed by atoms with Crippen LogP contribution in [0, 0.1) is 13.8 Å². The van der Waals surface area contributed by atoms with Gasteiger partial charge in [-0.25, -0.2) is 0 Å². The average molecular weight is 468 g/mol. The van der Waals surface area contributed by atoms with Crippen LogP contribution in [-0.2, 0) is 10.5 Å². The highest BCUT2D eigenvalue weighted by Crippen LogP contribution is 2.29. The van der Waals surface area contributed by atoms with Crippen molar-refractivity contribution in [2.75, 3.05) is 5.32 Å². The minimum absolute atomic E-state index is 0.291. The summed E-state index contributed by atoms with van der Waals surface area (Å²) >= 11 is 14.9. The van der Waals surface area contributed by atoms with E-state index in [0.717, 1.165) is 26.8 Å². The molecule has 5 nitrogen and oxygen atoms in total. The largest absolute Gasteiger partial charge is 0.481 e. The molecule has 0 aliphatic carbocycles. The molecule has 0 saturated heterocycles. The summed E-state index contributed by atoms with van der Waals surface area (Å²) in [6.07, 6.45) is -0.691. The number of rotatable bonds is 7. The van der Waals surface area contributed by atoms with Gasteiger partial charge in [-0.2, -0.15) is 0 Å². The van der Waals surface area contributed by atoms with E-state index in [9.17, 15) is 4.79 Å². The molecule has 1 unspecified atom stereocenters. The van der Waals surface area contributed by atoms with Crippen molar-refractivity contribution < 1.29 is 9.53 Å². The van der Waals surface area contributed by atoms with Crippen LogP contribution >= 0.6 is 46.3 Å². The van der Waals surface area contributed by atoms with E-state index in [-0.39, 0.29) is 5.91 Å². The lowest BCUT2D eigenvalue weighted by molar-refractivity contribution is -0.122. The van der Waals surface area contributed by atoms with Gasteiger partial charge in [0.25, 0.3) is 5.91 Å². The standard InChI is InChI=1S/C20H19Cl2N3O2S2/c1-11-8-16(9-12(2)17(11)22)27-13(3)18(26)23-19-24-25-20(29-19)28-10-14-4-6-15(21)7-5-14/h4-9,13H,10H2,1-3H3,(H,23,24,26). The van der Waals surface area contributed by atoms with Gasteiger partial charge in [0.05, 0.1) is 0 Å². The average Bonchev–Trinajstić information content (AvgIpc) is 3.13. The van der Waals surface area contributed by atoms with Gasteiger partial charge in [-0.3, -0.25) is 10.1 Å². The summed E-state index contributed by atoms with van der Waals surface area (Å²) in [6.45, 7) is 5.49. The Hall–Kier alpha value is -1.80. The molecular formula is C20H19Cl2N3O2S2. The van der Waals surface area contributed by atoms with Crippen LogP contribution in [0.4, 0.5) is 5.13 Å². The molecule has 0 aliphatic rings. The Morgan fingerprint density at radius 1 is 1.17 bits per heavy atom. The molecule has 9 heteroatoms. The second kappa shape index (κ2) is 9.80. The van der Waals surface area contributed by atoms with E-state index >= 15 is 0 Å². The van der Waals surface area contributed by atoms with Crippen molar-refractivity contribution in [3.63, 3.8) is 0 Å². The van der Waals surface area contributed by atoms with Crippen molar-refractivity contribution in [3.8, 4) is 5.75 Å². The summed E-state index contributed by atoms with van der Waals surface area (Å²) in [6, 6.07) is 11.3. The third-order valence-corrected chi connectivity index (χ3v) is 6.90. The summed E-state index contributed by atoms with van der Waals surface area (Å²) < 4.78 is 6.53. The number of halogens is 2. The van der Waals surface area contributed by atoms with Crippen molar-refractivity contribution in [1.29, 1.82) is 0 Å². The van der Waals surface area contributed by atoms with Crippen LogP contribution < -0.4 is 10.1 Å². The fraction of sp³-hybridized carbons (Fsp3) is 0.250. The number of hydrogen-bond donors (Lipinski definition) is 1. The normalized spacial score (nSPS) is 11.9. The van der Waals surface area contributed by atoms with E-state index < -0.39 is 6.10 Å². The van der Waals surface area contributed by atoms with Gasteiger partial charge in [0, 0.05) is 15.8 Å². The first-order valence-electron chi connectivity index (χ1n) is 8.77. The fourth-order valence-electron chi connectivity index (χ4n) is 2.48. The Morgan fingerprint density at radius 3 is 2.48 bits per heavy atom. The van der Waals surface area contributed by atoms with Gasteiger partial charge >= 0.3 is 0 Å². The lowest BCUT2D eigenvalue weighted by atomic mass is 10.1. The summed E-state index contributed by atoms with van der Waals surface area (Å²) in [5.41, 5.74) is 2.94. The number of carbonyl (C=O) groups is 1. The molecule has 152 valence electrons. The first kappa shape index (κ1) is 21.9. The van der Waals surface area contributed by atoms with Crippen LogP contribution in [0.15, 0.2) is 40.7 Å². The molecule has 3 aromatic rings. The van der Waals surface area contributed by atoms with Crippen LogP contribution in [0.2, 0.25) is 10.0 Å². The molecule has 0 aliphatic heterocycles. The molecule has 1 amide bonds. The highest BCUT2D eigenvalue weighted by molar-refractivity contribution is 8.00. The quantitative estimate of drug-likeness (QED) is 0.332. The molecule has 3 rings (SSSR count). The zero-order valence-corrected chi connectivity index (χ0v) is 19.2. The molecular weight excluding hydrogens is 449 g/mol. The Labute approximate surface area is 187 Å². The zero-order valence-electron chi connectivity index (χ0n) is 16.0. The molecule has 2 aromatic carbocycles. The maximum Gasteiger partial charge on any atom is 0.266 e. The maximum absolute atomic E-state index is 12.4. The highest BCUT2D eigenvalue weighted by Gasteiger charge is 2.18. The maximum atomic E-state index is 12.4. The number of aryl methyl sites for hydroxylation is 2. The van der Waals surface area contributed by atoms with E-state index in [1.165, 1.54) is 11.3 Å². The molecule has 29 heavy (non-hydrogen) atoms. The minimum atomic E-state index is -0.691. The minimum Gasteiger partial charge on any atom is -0.481 e. The molecule has 1 heterocycles. The van der Waals surface area contributed by atoms with Gasteiger partial charge in [-0.05, 0) is 61.7 Å². The Morgan fingerprint density at radius 2 is 1.83 bits per heavy atom. The van der Waals surface area contributed by atoms with Crippen LogP contribution in [0.1, 0.15) is 23.6 Å². The summed E-state index contributed by atoms with van der Waals surface area (Å²) in [5, 5.41) is 12.7. The van der Waals surface area contributed by atoms with Crippen molar-refractivity contribution in [1.82, 2.24) is 10.2 Å². The number of benzene rings is 2. The SMILES string of the molecule is Cc1cc(OC(C)C(=O)Nc2nnc(SCc3ccc(Cl)cc3)s2)cc(C)c1Cl. The smallest absolute Gasteiger partial charge is 0.266 e. The number of anilines is 1. The molecule has 0 spiro atoms. The first-order chi connectivity index (χ1) is 13.8. The van der Waals surface area contributed by atoms with E-state index in [1.807, 2.05) is 50.2 Å². The summed E-state index contributed by atoms with van der Waals surface area (Å²) in [5.74, 6) is 1.05. The lowest BCUT2D eigenvalue weighted by Crippen LogP contribution is -2.30. The van der Waals surface area contributed by atoms with E-state index in [4.69, 9.17) is 27.9 Å². The number of aromatic nitrogens is 2. The molecule has 0 radical (unpaired) electrons. The Kier molecular flexibility index (Phi) is 7.40. The molecule has 0 bridgehead atoms. The third-order valence-electron chi connectivity index (χ3n) is 4.00. The number of nitrogens with zero attached hydrogens (tertiary/aromatic N) is 2. The first-order valence-corrected chi connectivity index (χ1v) is 11.3. The van der Waals surface area contributed by atoms with Crippen LogP contribution in [0.3, 0.4) is 0 Å². The van der Waals surface area contributed by atoms with Crippen molar-refractivity contribution >= 4 is 57.3 Å². The molecule has 1 atom stereocenters. The number of thioether (sulfide) groups is 1. The van der Waals surface area contributed by atoms with Gasteiger partial charge in [0.15, 0.2) is 10.4 Å². The molecule has 0 saturated carbocycles. The number of nitrogens with one attached hydrogen (secondary N) is 1. The number of carbonyl (C=O) groups excluding carboxylic acids is 1. The predicted molar refractivity (Wildman–Crippen MR) is 121 cm³/mol. The second-order valence-corrected chi connectivity index (χ2v) is 9.42. The van der Waals surface area contributed by atoms with Gasteiger partial charge in [0.1, 0.15) is 5.75 Å². The van der Waals surface area contributed by atoms with Crippen LogP contribution in [-0.4, -0.2) is 22.2 Å². The van der Waals surface area contributed by atoms with E-state index in [2.05, 4.69) is 15.5 Å². The van der Waals surface area contributed by atoms with Crippen molar-refractivity contribution in [3.05, 3.63) is 63.1 Å². The van der Waals surface area contributed by atoms with Gasteiger partial charge in [-0.15, -0.1) is 10.2 Å². The monoisotopic (exact) mass is 467 g/mol. The van der Waals surface area contributed by atoms with Crippen molar-refractivity contribution in [2.45, 2.75) is 37.0 Å². The van der Waals surface area contributed by atoms with Crippen molar-refractivity contribution in [2.24, 2.45) is 0 Å².